The molecule has 0 bridgehead atoms. The smallest absolute Gasteiger partial charge is 0.268 e. The van der Waals surface area contributed by atoms with Crippen molar-refractivity contribution in [1.29, 1.82) is 0 Å². The highest BCUT2D eigenvalue weighted by molar-refractivity contribution is 6.39. The van der Waals surface area contributed by atoms with Crippen LogP contribution in [0.3, 0.4) is 0 Å². The summed E-state index contributed by atoms with van der Waals surface area (Å²) in [6.07, 6.45) is 1.34. The van der Waals surface area contributed by atoms with Crippen molar-refractivity contribution in [3.63, 3.8) is 0 Å². The first-order valence-corrected chi connectivity index (χ1v) is 9.16. The number of imide groups is 1. The lowest BCUT2D eigenvalue weighted by Crippen LogP contribution is -2.31. The van der Waals surface area contributed by atoms with Crippen LogP contribution in [0.15, 0.2) is 42.7 Å². The van der Waals surface area contributed by atoms with Crippen LogP contribution in [0, 0.1) is 0 Å². The Morgan fingerprint density at radius 3 is 2.55 bits per heavy atom. The molecule has 0 atom stereocenters. The Labute approximate surface area is 167 Å². The molecule has 0 saturated heterocycles. The van der Waals surface area contributed by atoms with Crippen molar-refractivity contribution in [1.82, 2.24) is 0 Å². The summed E-state index contributed by atoms with van der Waals surface area (Å²) < 4.78 is 16.7. The first-order valence-electron chi connectivity index (χ1n) is 9.16. The highest BCUT2D eigenvalue weighted by Crippen LogP contribution is 2.38. The third-order valence-electron chi connectivity index (χ3n) is 4.74. The van der Waals surface area contributed by atoms with Gasteiger partial charge in [-0.2, -0.15) is 0 Å². The average Bonchev–Trinajstić information content (AvgIpc) is 2.99. The fourth-order valence-corrected chi connectivity index (χ4v) is 3.34. The van der Waals surface area contributed by atoms with Crippen molar-refractivity contribution >= 4 is 28.9 Å². The molecule has 7 heteroatoms. The van der Waals surface area contributed by atoms with E-state index in [9.17, 15) is 14.4 Å². The summed E-state index contributed by atoms with van der Waals surface area (Å²) in [6, 6.07) is 10.3. The summed E-state index contributed by atoms with van der Waals surface area (Å²) in [7, 11) is 0. The molecule has 7 nitrogen and oxygen atoms in total. The predicted molar refractivity (Wildman–Crippen MR) is 105 cm³/mol. The summed E-state index contributed by atoms with van der Waals surface area (Å²) in [4.78, 5) is 37.5. The van der Waals surface area contributed by atoms with Gasteiger partial charge in [0, 0.05) is 18.1 Å². The van der Waals surface area contributed by atoms with Gasteiger partial charge in [0.15, 0.2) is 17.3 Å². The molecule has 2 heterocycles. The van der Waals surface area contributed by atoms with Gasteiger partial charge in [-0.05, 0) is 42.8 Å². The van der Waals surface area contributed by atoms with Crippen LogP contribution in [0.5, 0.6) is 11.5 Å². The Bertz CT molecular complexity index is 1060. The fraction of sp³-hybridized carbons (Fsp3) is 0.227. The first kappa shape index (κ1) is 18.7. The second-order valence-electron chi connectivity index (χ2n) is 6.77. The number of ketones is 1. The summed E-state index contributed by atoms with van der Waals surface area (Å²) in [5, 5.41) is 0. The minimum atomic E-state index is -0.477. The van der Waals surface area contributed by atoms with Crippen LogP contribution in [-0.2, 0) is 20.9 Å². The van der Waals surface area contributed by atoms with E-state index in [1.54, 1.807) is 18.2 Å². The van der Waals surface area contributed by atoms with Gasteiger partial charge in [-0.25, -0.2) is 4.90 Å². The molecule has 0 fully saturated rings. The van der Waals surface area contributed by atoms with E-state index < -0.39 is 11.8 Å². The molecule has 0 aliphatic carbocycles. The number of amides is 2. The van der Waals surface area contributed by atoms with Gasteiger partial charge < -0.3 is 14.2 Å². The molecule has 2 aliphatic heterocycles. The van der Waals surface area contributed by atoms with E-state index >= 15 is 0 Å². The van der Waals surface area contributed by atoms with Gasteiger partial charge in [0.1, 0.15) is 19.8 Å². The van der Waals surface area contributed by atoms with Crippen molar-refractivity contribution < 1.29 is 28.6 Å². The number of Topliss-reactive ketones (excluding diaryl/α,β-unsaturated/α-hetero) is 1. The molecule has 0 N–H and O–H groups in total. The van der Waals surface area contributed by atoms with Crippen LogP contribution in [0.1, 0.15) is 35.3 Å². The molecule has 0 saturated carbocycles. The van der Waals surface area contributed by atoms with Crippen LogP contribution in [0.4, 0.5) is 5.69 Å². The van der Waals surface area contributed by atoms with E-state index in [0.29, 0.717) is 41.5 Å². The van der Waals surface area contributed by atoms with Crippen molar-refractivity contribution in [2.45, 2.75) is 20.5 Å². The van der Waals surface area contributed by atoms with Gasteiger partial charge >= 0.3 is 0 Å². The number of fused-ring (bicyclic) bond motifs is 2. The van der Waals surface area contributed by atoms with Crippen molar-refractivity contribution in [3.05, 3.63) is 59.4 Å². The minimum Gasteiger partial charge on any atom is -0.496 e. The Morgan fingerprint density at radius 2 is 1.83 bits per heavy atom. The van der Waals surface area contributed by atoms with Gasteiger partial charge in [-0.3, -0.25) is 14.4 Å². The van der Waals surface area contributed by atoms with Gasteiger partial charge in [-0.1, -0.05) is 6.07 Å². The Balaban J connectivity index is 1.60. The zero-order valence-electron chi connectivity index (χ0n) is 16.1. The number of rotatable bonds is 4. The van der Waals surface area contributed by atoms with Crippen LogP contribution < -0.4 is 14.4 Å². The second-order valence-corrected chi connectivity index (χ2v) is 6.77. The number of benzene rings is 2. The fourth-order valence-electron chi connectivity index (χ4n) is 3.34. The number of carbonyl (C=O) groups excluding carboxylic acids is 3. The van der Waals surface area contributed by atoms with Crippen LogP contribution >= 0.6 is 0 Å². The Kier molecular flexibility index (Phi) is 4.80. The summed E-state index contributed by atoms with van der Waals surface area (Å²) in [6.45, 7) is 3.98. The lowest BCUT2D eigenvalue weighted by Gasteiger charge is -2.18. The third kappa shape index (κ3) is 3.47. The SMILES string of the molecule is CC(=O)c1ccc2c(c1)C(=COCc1ccc3c(c1)OCCO3)C(=O)N2C(C)=O. The molecular weight excluding hydrogens is 374 g/mol. The van der Waals surface area contributed by atoms with Crippen LogP contribution in [0.2, 0.25) is 0 Å². The molecule has 0 spiro atoms. The molecule has 4 rings (SSSR count). The normalized spacial score (nSPS) is 16.0. The Morgan fingerprint density at radius 1 is 1.07 bits per heavy atom. The highest BCUT2D eigenvalue weighted by Gasteiger charge is 2.35. The predicted octanol–water partition coefficient (Wildman–Crippen LogP) is 3.11. The van der Waals surface area contributed by atoms with Gasteiger partial charge in [-0.15, -0.1) is 0 Å². The summed E-state index contributed by atoms with van der Waals surface area (Å²) in [5.74, 6) is 0.337. The number of hydrogen-bond donors (Lipinski definition) is 0. The van der Waals surface area contributed by atoms with E-state index in [1.807, 2.05) is 18.2 Å². The van der Waals surface area contributed by atoms with Crippen molar-refractivity contribution in [2.75, 3.05) is 18.1 Å². The summed E-state index contributed by atoms with van der Waals surface area (Å²) in [5.41, 5.74) is 2.48. The van der Waals surface area contributed by atoms with E-state index in [0.717, 1.165) is 10.5 Å². The van der Waals surface area contributed by atoms with Crippen molar-refractivity contribution in [3.8, 4) is 11.5 Å². The van der Waals surface area contributed by atoms with Crippen LogP contribution in [0.25, 0.3) is 5.57 Å². The number of nitrogens with zero attached hydrogens (tertiary/aromatic N) is 1. The van der Waals surface area contributed by atoms with E-state index in [-0.39, 0.29) is 18.0 Å². The lowest BCUT2D eigenvalue weighted by atomic mass is 10.0. The first-order chi connectivity index (χ1) is 14.0. The molecule has 2 aromatic rings. The molecule has 148 valence electrons. The molecule has 2 aromatic carbocycles. The number of carbonyl (C=O) groups is 3. The van der Waals surface area contributed by atoms with E-state index in [4.69, 9.17) is 14.2 Å². The number of hydrogen-bond acceptors (Lipinski definition) is 6. The molecule has 0 aromatic heterocycles. The summed E-state index contributed by atoms with van der Waals surface area (Å²) >= 11 is 0. The second kappa shape index (κ2) is 7.43. The highest BCUT2D eigenvalue weighted by atomic mass is 16.6. The van der Waals surface area contributed by atoms with Crippen molar-refractivity contribution in [2.24, 2.45) is 0 Å². The maximum Gasteiger partial charge on any atom is 0.268 e. The lowest BCUT2D eigenvalue weighted by molar-refractivity contribution is -0.122. The topological polar surface area (TPSA) is 82.1 Å². The van der Waals surface area contributed by atoms with Crippen LogP contribution in [-0.4, -0.2) is 30.8 Å². The average molecular weight is 393 g/mol. The monoisotopic (exact) mass is 393 g/mol. The largest absolute Gasteiger partial charge is 0.496 e. The van der Waals surface area contributed by atoms with E-state index in [2.05, 4.69) is 0 Å². The molecule has 29 heavy (non-hydrogen) atoms. The maximum atomic E-state index is 12.8. The third-order valence-corrected chi connectivity index (χ3v) is 4.74. The zero-order valence-corrected chi connectivity index (χ0v) is 16.1. The zero-order chi connectivity index (χ0) is 20.5. The minimum absolute atomic E-state index is 0.127. The Hall–Kier alpha value is -3.61. The molecule has 0 radical (unpaired) electrons. The molecule has 0 unspecified atom stereocenters. The van der Waals surface area contributed by atoms with Gasteiger partial charge in [0.05, 0.1) is 17.5 Å². The van der Waals surface area contributed by atoms with Gasteiger partial charge in [0.25, 0.3) is 5.91 Å². The number of anilines is 1. The van der Waals surface area contributed by atoms with E-state index in [1.165, 1.54) is 20.1 Å². The quantitative estimate of drug-likeness (QED) is 0.451. The maximum absolute atomic E-state index is 12.8. The standard InChI is InChI=1S/C22H19NO6/c1-13(24)16-4-5-19-17(10-16)18(22(26)23(19)14(2)25)12-27-11-15-3-6-20-21(9-15)29-8-7-28-20/h3-6,9-10,12H,7-8,11H2,1-2H3. The number of ether oxygens (including phenoxy) is 3. The molecule has 2 aliphatic rings. The molecule has 2 amide bonds. The van der Waals surface area contributed by atoms with Gasteiger partial charge in [0.2, 0.25) is 5.91 Å². The molecular formula is C22H19NO6.